The van der Waals surface area contributed by atoms with Crippen LogP contribution in [0.1, 0.15) is 37.1 Å². The lowest BCUT2D eigenvalue weighted by atomic mass is 9.98. The largest absolute Gasteiger partial charge is 0.383 e. The maximum absolute atomic E-state index is 12.4. The number of methoxy groups -OCH3 is 1. The molecule has 3 N–H and O–H groups in total. The molecule has 142 valence electrons. The maximum Gasteiger partial charge on any atom is 0.258 e. The number of nitrogens with two attached hydrogens (primary N) is 1. The quantitative estimate of drug-likeness (QED) is 0.701. The van der Waals surface area contributed by atoms with E-state index in [1.165, 1.54) is 7.11 Å². The monoisotopic (exact) mass is 380 g/mol. The Labute approximate surface area is 153 Å². The number of ether oxygens (including phenoxy) is 1. The standard InChI is InChI=1S/C17H24N4O4S/c1-12-5-6-13(26(22,23)19-9-10-24-2)11-14(12)15-20-16(21-25-15)17(18)7-3-4-8-17/h5-6,11,19H,3-4,7-10,18H2,1-2H3. The highest BCUT2D eigenvalue weighted by Gasteiger charge is 2.36. The molecule has 26 heavy (non-hydrogen) atoms. The SMILES string of the molecule is COCCNS(=O)(=O)c1ccc(C)c(-c2nc(C3(N)CCCC3)no2)c1. The zero-order valence-electron chi connectivity index (χ0n) is 15.0. The molecule has 1 aliphatic carbocycles. The van der Waals surface area contributed by atoms with Gasteiger partial charge in [0.15, 0.2) is 5.82 Å². The molecular formula is C17H24N4O4S. The van der Waals surface area contributed by atoms with E-state index in [-0.39, 0.29) is 17.3 Å². The van der Waals surface area contributed by atoms with Crippen molar-refractivity contribution in [3.63, 3.8) is 0 Å². The number of rotatable bonds is 7. The van der Waals surface area contributed by atoms with Gasteiger partial charge in [0.05, 0.1) is 17.0 Å². The predicted octanol–water partition coefficient (Wildman–Crippen LogP) is 1.70. The van der Waals surface area contributed by atoms with Gasteiger partial charge in [0.25, 0.3) is 5.89 Å². The van der Waals surface area contributed by atoms with Gasteiger partial charge in [-0.2, -0.15) is 4.98 Å². The first-order chi connectivity index (χ1) is 12.4. The average Bonchev–Trinajstić information content (AvgIpc) is 3.25. The summed E-state index contributed by atoms with van der Waals surface area (Å²) in [6.45, 7) is 2.35. The van der Waals surface area contributed by atoms with Crippen molar-refractivity contribution in [1.29, 1.82) is 0 Å². The van der Waals surface area contributed by atoms with E-state index in [0.29, 0.717) is 18.0 Å². The molecule has 1 saturated carbocycles. The minimum atomic E-state index is -3.65. The molecule has 1 aromatic heterocycles. The van der Waals surface area contributed by atoms with Crippen LogP contribution in [0.5, 0.6) is 0 Å². The number of nitrogens with zero attached hydrogens (tertiary/aromatic N) is 2. The highest BCUT2D eigenvalue weighted by Crippen LogP contribution is 2.36. The molecule has 3 rings (SSSR count). The Morgan fingerprint density at radius 2 is 2.08 bits per heavy atom. The molecule has 1 aliphatic rings. The normalized spacial score (nSPS) is 16.9. The molecule has 1 aromatic carbocycles. The Bertz CT molecular complexity index is 873. The van der Waals surface area contributed by atoms with E-state index in [2.05, 4.69) is 14.9 Å². The first kappa shape index (κ1) is 19.0. The first-order valence-electron chi connectivity index (χ1n) is 8.58. The van der Waals surface area contributed by atoms with Crippen LogP contribution >= 0.6 is 0 Å². The lowest BCUT2D eigenvalue weighted by molar-refractivity contribution is 0.204. The summed E-state index contributed by atoms with van der Waals surface area (Å²) in [6, 6.07) is 4.81. The van der Waals surface area contributed by atoms with Crippen LogP contribution in [0.2, 0.25) is 0 Å². The van der Waals surface area contributed by atoms with Crippen molar-refractivity contribution in [3.05, 3.63) is 29.6 Å². The minimum absolute atomic E-state index is 0.136. The lowest BCUT2D eigenvalue weighted by Gasteiger charge is -2.17. The van der Waals surface area contributed by atoms with Gasteiger partial charge < -0.3 is 15.0 Å². The number of hydrogen-bond donors (Lipinski definition) is 2. The fourth-order valence-corrected chi connectivity index (χ4v) is 4.16. The van der Waals surface area contributed by atoms with Crippen LogP contribution in [-0.4, -0.2) is 38.8 Å². The number of benzene rings is 1. The van der Waals surface area contributed by atoms with E-state index in [4.69, 9.17) is 15.0 Å². The van der Waals surface area contributed by atoms with Crippen molar-refractivity contribution in [3.8, 4) is 11.5 Å². The Hall–Kier alpha value is -1.81. The molecule has 0 spiro atoms. The number of aromatic nitrogens is 2. The van der Waals surface area contributed by atoms with Gasteiger partial charge in [-0.05, 0) is 37.5 Å². The van der Waals surface area contributed by atoms with E-state index in [9.17, 15) is 8.42 Å². The smallest absolute Gasteiger partial charge is 0.258 e. The van der Waals surface area contributed by atoms with Gasteiger partial charge >= 0.3 is 0 Å². The molecule has 0 amide bonds. The van der Waals surface area contributed by atoms with Crippen LogP contribution in [-0.2, 0) is 20.3 Å². The Morgan fingerprint density at radius 3 is 2.77 bits per heavy atom. The van der Waals surface area contributed by atoms with Crippen LogP contribution in [0.3, 0.4) is 0 Å². The van der Waals surface area contributed by atoms with Crippen molar-refractivity contribution in [1.82, 2.24) is 14.9 Å². The van der Waals surface area contributed by atoms with Crippen LogP contribution in [0, 0.1) is 6.92 Å². The van der Waals surface area contributed by atoms with E-state index in [1.807, 2.05) is 6.92 Å². The number of nitrogens with one attached hydrogen (secondary N) is 1. The molecule has 1 fully saturated rings. The fourth-order valence-electron chi connectivity index (χ4n) is 3.12. The molecular weight excluding hydrogens is 356 g/mol. The Kier molecular flexibility index (Phi) is 5.42. The summed E-state index contributed by atoms with van der Waals surface area (Å²) in [5.74, 6) is 0.763. The second-order valence-electron chi connectivity index (χ2n) is 6.65. The van der Waals surface area contributed by atoms with Crippen molar-refractivity contribution in [2.45, 2.75) is 43.0 Å². The topological polar surface area (TPSA) is 120 Å². The molecule has 1 heterocycles. The van der Waals surface area contributed by atoms with Gasteiger partial charge in [0, 0.05) is 19.2 Å². The predicted molar refractivity (Wildman–Crippen MR) is 95.9 cm³/mol. The fraction of sp³-hybridized carbons (Fsp3) is 0.529. The Morgan fingerprint density at radius 1 is 1.35 bits per heavy atom. The van der Waals surface area contributed by atoms with Crippen molar-refractivity contribution >= 4 is 10.0 Å². The zero-order valence-corrected chi connectivity index (χ0v) is 15.8. The highest BCUT2D eigenvalue weighted by molar-refractivity contribution is 7.89. The van der Waals surface area contributed by atoms with Crippen LogP contribution < -0.4 is 10.5 Å². The number of sulfonamides is 1. The molecule has 0 unspecified atom stereocenters. The highest BCUT2D eigenvalue weighted by atomic mass is 32.2. The van der Waals surface area contributed by atoms with Gasteiger partial charge in [-0.3, -0.25) is 0 Å². The van der Waals surface area contributed by atoms with Gasteiger partial charge in [0.2, 0.25) is 10.0 Å². The summed E-state index contributed by atoms with van der Waals surface area (Å²) >= 11 is 0. The summed E-state index contributed by atoms with van der Waals surface area (Å²) in [5, 5.41) is 4.05. The van der Waals surface area contributed by atoms with Gasteiger partial charge in [-0.1, -0.05) is 24.1 Å². The molecule has 0 atom stereocenters. The molecule has 0 aliphatic heterocycles. The third-order valence-electron chi connectivity index (χ3n) is 4.72. The second-order valence-corrected chi connectivity index (χ2v) is 8.42. The average molecular weight is 380 g/mol. The summed E-state index contributed by atoms with van der Waals surface area (Å²) in [5.41, 5.74) is 7.24. The van der Waals surface area contributed by atoms with Crippen molar-refractivity contribution in [2.24, 2.45) is 5.73 Å². The summed E-state index contributed by atoms with van der Waals surface area (Å²) < 4.78 is 37.6. The first-order valence-corrected chi connectivity index (χ1v) is 10.1. The van der Waals surface area contributed by atoms with Gasteiger partial charge in [-0.25, -0.2) is 13.1 Å². The van der Waals surface area contributed by atoms with E-state index in [1.54, 1.807) is 18.2 Å². The maximum atomic E-state index is 12.4. The van der Waals surface area contributed by atoms with E-state index in [0.717, 1.165) is 31.2 Å². The summed E-state index contributed by atoms with van der Waals surface area (Å²) in [7, 11) is -2.13. The summed E-state index contributed by atoms with van der Waals surface area (Å²) in [6.07, 6.45) is 3.73. The van der Waals surface area contributed by atoms with Crippen molar-refractivity contribution in [2.75, 3.05) is 20.3 Å². The third-order valence-corrected chi connectivity index (χ3v) is 6.17. The number of aryl methyl sites for hydroxylation is 1. The second kappa shape index (κ2) is 7.43. The molecule has 2 aromatic rings. The van der Waals surface area contributed by atoms with Gasteiger partial charge in [-0.15, -0.1) is 0 Å². The minimum Gasteiger partial charge on any atom is -0.383 e. The number of hydrogen-bond acceptors (Lipinski definition) is 7. The van der Waals surface area contributed by atoms with E-state index < -0.39 is 15.6 Å². The zero-order chi connectivity index (χ0) is 18.8. The van der Waals surface area contributed by atoms with Crippen molar-refractivity contribution < 1.29 is 17.7 Å². The summed E-state index contributed by atoms with van der Waals surface area (Å²) in [4.78, 5) is 4.59. The molecule has 8 nitrogen and oxygen atoms in total. The lowest BCUT2D eigenvalue weighted by Crippen LogP contribution is -2.34. The molecule has 9 heteroatoms. The third kappa shape index (κ3) is 3.80. The van der Waals surface area contributed by atoms with E-state index >= 15 is 0 Å². The molecule has 0 bridgehead atoms. The molecule has 0 saturated heterocycles. The van der Waals surface area contributed by atoms with Crippen LogP contribution in [0.25, 0.3) is 11.5 Å². The van der Waals surface area contributed by atoms with Crippen LogP contribution in [0.15, 0.2) is 27.6 Å². The molecule has 0 radical (unpaired) electrons. The van der Waals surface area contributed by atoms with Gasteiger partial charge in [0.1, 0.15) is 0 Å². The van der Waals surface area contributed by atoms with Crippen LogP contribution in [0.4, 0.5) is 0 Å². The Balaban J connectivity index is 1.90.